The maximum Gasteiger partial charge on any atom is 0.183 e. The molecule has 1 fully saturated rings. The molecule has 2 aliphatic rings. The highest BCUT2D eigenvalue weighted by Crippen LogP contribution is 2.26. The van der Waals surface area contributed by atoms with Crippen LogP contribution in [0.25, 0.3) is 22.5 Å². The van der Waals surface area contributed by atoms with Crippen LogP contribution < -0.4 is 0 Å². The first-order valence-electron chi connectivity index (χ1n) is 13.5. The Hall–Kier alpha value is -3.59. The highest BCUT2D eigenvalue weighted by molar-refractivity contribution is 6.36. The Balaban J connectivity index is 1.10. The van der Waals surface area contributed by atoms with Gasteiger partial charge in [-0.05, 0) is 50.2 Å². The first-order valence-corrected chi connectivity index (χ1v) is 14.3. The molecule has 8 nitrogen and oxygen atoms in total. The molecule has 0 spiro atoms. The van der Waals surface area contributed by atoms with Gasteiger partial charge < -0.3 is 4.90 Å². The van der Waals surface area contributed by atoms with E-state index in [9.17, 15) is 4.79 Å². The summed E-state index contributed by atoms with van der Waals surface area (Å²) < 4.78 is 1.98. The molecule has 6 rings (SSSR count). The SMILES string of the molecule is O=C(CN1CCC(c2cc(Cl)ccc2Cl)=N1)c1cccc(-c2ncc(-c3cnn(CCN4CCCC4)c3)cn2)c1. The van der Waals surface area contributed by atoms with Gasteiger partial charge in [-0.3, -0.25) is 14.5 Å². The number of Topliss-reactive ketones (excluding diaryl/α,β-unsaturated/α-hetero) is 1. The van der Waals surface area contributed by atoms with Crippen molar-refractivity contribution in [2.45, 2.75) is 25.8 Å². The Morgan fingerprint density at radius 1 is 0.875 bits per heavy atom. The van der Waals surface area contributed by atoms with Crippen molar-refractivity contribution in [3.05, 3.63) is 88.4 Å². The first-order chi connectivity index (χ1) is 19.5. The van der Waals surface area contributed by atoms with Crippen LogP contribution in [-0.4, -0.2) is 73.9 Å². The molecule has 40 heavy (non-hydrogen) atoms. The number of ketones is 1. The van der Waals surface area contributed by atoms with E-state index in [-0.39, 0.29) is 12.3 Å². The molecular weight excluding hydrogens is 545 g/mol. The van der Waals surface area contributed by atoms with E-state index in [1.54, 1.807) is 29.5 Å². The van der Waals surface area contributed by atoms with Crippen LogP contribution in [0.3, 0.4) is 0 Å². The van der Waals surface area contributed by atoms with Crippen LogP contribution >= 0.6 is 23.2 Å². The van der Waals surface area contributed by atoms with Gasteiger partial charge in [0.1, 0.15) is 0 Å². The zero-order chi connectivity index (χ0) is 27.5. The summed E-state index contributed by atoms with van der Waals surface area (Å²) in [5, 5.41) is 12.1. The summed E-state index contributed by atoms with van der Waals surface area (Å²) in [5.41, 5.74) is 4.91. The number of carbonyl (C=O) groups excluding carboxylic acids is 1. The third kappa shape index (κ3) is 6.09. The van der Waals surface area contributed by atoms with Gasteiger partial charge in [0.25, 0.3) is 0 Å². The van der Waals surface area contributed by atoms with E-state index in [1.807, 2.05) is 47.4 Å². The van der Waals surface area contributed by atoms with Crippen LogP contribution in [0.1, 0.15) is 35.2 Å². The minimum absolute atomic E-state index is 0.0259. The number of likely N-dealkylation sites (tertiary alicyclic amines) is 1. The van der Waals surface area contributed by atoms with E-state index in [0.29, 0.717) is 34.4 Å². The van der Waals surface area contributed by atoms with E-state index in [0.717, 1.165) is 41.1 Å². The second-order valence-corrected chi connectivity index (χ2v) is 11.0. The lowest BCUT2D eigenvalue weighted by Gasteiger charge is -2.13. The average Bonchev–Trinajstić information content (AvgIpc) is 3.76. The van der Waals surface area contributed by atoms with Gasteiger partial charge in [-0.15, -0.1) is 0 Å². The lowest BCUT2D eigenvalue weighted by Crippen LogP contribution is -2.24. The van der Waals surface area contributed by atoms with Crippen molar-refractivity contribution in [2.24, 2.45) is 5.10 Å². The third-order valence-corrected chi connectivity index (χ3v) is 7.90. The fourth-order valence-corrected chi connectivity index (χ4v) is 5.53. The van der Waals surface area contributed by atoms with Crippen molar-refractivity contribution < 1.29 is 4.79 Å². The summed E-state index contributed by atoms with van der Waals surface area (Å²) in [5.74, 6) is 0.541. The zero-order valence-electron chi connectivity index (χ0n) is 22.0. The number of nitrogens with zero attached hydrogens (tertiary/aromatic N) is 7. The number of aromatic nitrogens is 4. The van der Waals surface area contributed by atoms with E-state index < -0.39 is 0 Å². The summed E-state index contributed by atoms with van der Waals surface area (Å²) in [6, 6.07) is 12.7. The van der Waals surface area contributed by atoms with Gasteiger partial charge in [0, 0.05) is 76.0 Å². The number of hydrogen-bond donors (Lipinski definition) is 0. The fraction of sp³-hybridized carbons (Fsp3) is 0.300. The topological polar surface area (TPSA) is 79.5 Å². The van der Waals surface area contributed by atoms with Crippen molar-refractivity contribution in [3.8, 4) is 22.5 Å². The smallest absolute Gasteiger partial charge is 0.183 e. The predicted molar refractivity (Wildman–Crippen MR) is 158 cm³/mol. The molecule has 0 saturated carbocycles. The molecule has 2 aromatic heterocycles. The van der Waals surface area contributed by atoms with Crippen LogP contribution in [0.2, 0.25) is 10.0 Å². The molecule has 4 heterocycles. The second kappa shape index (κ2) is 11.9. The summed E-state index contributed by atoms with van der Waals surface area (Å²) in [7, 11) is 0. The maximum absolute atomic E-state index is 13.1. The van der Waals surface area contributed by atoms with Crippen molar-refractivity contribution in [2.75, 3.05) is 32.7 Å². The third-order valence-electron chi connectivity index (χ3n) is 7.34. The Bertz CT molecular complexity index is 1540. The standard InChI is InChI=1S/C30H29Cl2N7O/c31-25-6-7-27(32)26(15-25)28-8-11-39(36-28)20-29(40)21-4-3-5-22(14-21)30-33-16-23(17-34-30)24-18-35-38(19-24)13-12-37-9-1-2-10-37/h3-7,14-19H,1-2,8-13,20H2. The Morgan fingerprint density at radius 2 is 1.70 bits per heavy atom. The predicted octanol–water partition coefficient (Wildman–Crippen LogP) is 5.70. The van der Waals surface area contributed by atoms with Crippen molar-refractivity contribution in [1.82, 2.24) is 29.7 Å². The van der Waals surface area contributed by atoms with E-state index in [2.05, 4.69) is 25.1 Å². The molecule has 0 atom stereocenters. The maximum atomic E-state index is 13.1. The molecule has 2 aliphatic heterocycles. The van der Waals surface area contributed by atoms with Gasteiger partial charge in [0.2, 0.25) is 0 Å². The number of rotatable bonds is 9. The van der Waals surface area contributed by atoms with Crippen LogP contribution in [0, 0.1) is 0 Å². The highest BCUT2D eigenvalue weighted by Gasteiger charge is 2.21. The number of hydrogen-bond acceptors (Lipinski definition) is 7. The average molecular weight is 575 g/mol. The van der Waals surface area contributed by atoms with Crippen LogP contribution in [0.5, 0.6) is 0 Å². The van der Waals surface area contributed by atoms with Gasteiger partial charge >= 0.3 is 0 Å². The monoisotopic (exact) mass is 573 g/mol. The summed E-state index contributed by atoms with van der Waals surface area (Å²) in [6.07, 6.45) is 10.8. The zero-order valence-corrected chi connectivity index (χ0v) is 23.5. The number of hydrazone groups is 1. The molecule has 0 N–H and O–H groups in total. The van der Waals surface area contributed by atoms with Crippen molar-refractivity contribution in [3.63, 3.8) is 0 Å². The van der Waals surface area contributed by atoms with Gasteiger partial charge in [-0.25, -0.2) is 9.97 Å². The van der Waals surface area contributed by atoms with Crippen LogP contribution in [0.15, 0.2) is 72.4 Å². The van der Waals surface area contributed by atoms with Crippen LogP contribution in [0.4, 0.5) is 0 Å². The van der Waals surface area contributed by atoms with Crippen molar-refractivity contribution in [1.29, 1.82) is 0 Å². The summed E-state index contributed by atoms with van der Waals surface area (Å²) in [4.78, 5) is 24.8. The molecular formula is C30H29Cl2N7O. The number of carbonyl (C=O) groups is 1. The molecule has 0 aliphatic carbocycles. The molecule has 10 heteroatoms. The molecule has 0 bridgehead atoms. The Morgan fingerprint density at radius 3 is 2.52 bits per heavy atom. The van der Waals surface area contributed by atoms with Gasteiger partial charge in [0.05, 0.1) is 25.0 Å². The molecule has 0 unspecified atom stereocenters. The summed E-state index contributed by atoms with van der Waals surface area (Å²) in [6.45, 7) is 5.08. The normalized spacial score (nSPS) is 15.6. The number of halogens is 2. The lowest BCUT2D eigenvalue weighted by atomic mass is 10.1. The van der Waals surface area contributed by atoms with Gasteiger partial charge in [-0.1, -0.05) is 41.4 Å². The first kappa shape index (κ1) is 26.6. The quantitative estimate of drug-likeness (QED) is 0.239. The van der Waals surface area contributed by atoms with Crippen molar-refractivity contribution >= 4 is 34.7 Å². The second-order valence-electron chi connectivity index (χ2n) is 10.1. The molecule has 0 amide bonds. The van der Waals surface area contributed by atoms with E-state index in [1.165, 1.54) is 25.9 Å². The fourth-order valence-electron chi connectivity index (χ4n) is 5.13. The Labute approximate surface area is 243 Å². The van der Waals surface area contributed by atoms with Crippen LogP contribution in [-0.2, 0) is 6.54 Å². The summed E-state index contributed by atoms with van der Waals surface area (Å²) >= 11 is 12.5. The lowest BCUT2D eigenvalue weighted by molar-refractivity contribution is 0.0940. The molecule has 4 aromatic rings. The molecule has 1 saturated heterocycles. The highest BCUT2D eigenvalue weighted by atomic mass is 35.5. The molecule has 2 aromatic carbocycles. The van der Waals surface area contributed by atoms with Gasteiger partial charge in [0.15, 0.2) is 11.6 Å². The van der Waals surface area contributed by atoms with Gasteiger partial charge in [-0.2, -0.15) is 10.2 Å². The van der Waals surface area contributed by atoms with E-state index in [4.69, 9.17) is 23.2 Å². The molecule has 0 radical (unpaired) electrons. The minimum Gasteiger partial charge on any atom is -0.301 e. The number of benzene rings is 2. The minimum atomic E-state index is -0.0259. The molecule has 204 valence electrons. The Kier molecular flexibility index (Phi) is 7.91. The largest absolute Gasteiger partial charge is 0.301 e. The van der Waals surface area contributed by atoms with E-state index >= 15 is 0 Å².